The molecule has 0 saturated heterocycles. The van der Waals surface area contributed by atoms with Crippen molar-refractivity contribution in [3.05, 3.63) is 11.8 Å². The number of rotatable bonds is 0. The van der Waals surface area contributed by atoms with E-state index in [4.69, 9.17) is 0 Å². The molecule has 3 heteroatoms. The first kappa shape index (κ1) is 5.77. The van der Waals surface area contributed by atoms with Crippen LogP contribution in [-0.4, -0.2) is 12.1 Å². The topological polar surface area (TPSA) is 41.1 Å². The van der Waals surface area contributed by atoms with Crippen LogP contribution in [0.3, 0.4) is 0 Å². The molecule has 2 aliphatic rings. The molecule has 1 heterocycles. The summed E-state index contributed by atoms with van der Waals surface area (Å²) in [5, 5.41) is 5.50. The molecule has 3 nitrogen and oxygen atoms in total. The van der Waals surface area contributed by atoms with Gasteiger partial charge in [-0.05, 0) is 24.8 Å². The van der Waals surface area contributed by atoms with Crippen molar-refractivity contribution in [3.8, 4) is 0 Å². The number of fused-ring (bicyclic) bond motifs is 1. The fourth-order valence-electron chi connectivity index (χ4n) is 1.57. The van der Waals surface area contributed by atoms with Gasteiger partial charge in [-0.25, -0.2) is 4.79 Å². The summed E-state index contributed by atoms with van der Waals surface area (Å²) in [5.74, 6) is 0. The molecule has 1 saturated carbocycles. The highest BCUT2D eigenvalue weighted by atomic mass is 16.2. The fraction of sp³-hybridized carbons (Fsp3) is 0.571. The zero-order chi connectivity index (χ0) is 6.97. The zero-order valence-electron chi connectivity index (χ0n) is 5.68. The molecule has 54 valence electrons. The van der Waals surface area contributed by atoms with Gasteiger partial charge < -0.3 is 10.6 Å². The van der Waals surface area contributed by atoms with Crippen molar-refractivity contribution in [2.45, 2.75) is 25.3 Å². The Bertz CT molecular complexity index is 198. The smallest absolute Gasteiger partial charge is 0.319 e. The summed E-state index contributed by atoms with van der Waals surface area (Å²) in [4.78, 5) is 10.7. The maximum Gasteiger partial charge on any atom is 0.319 e. The molecule has 1 aliphatic heterocycles. The second-order valence-corrected chi connectivity index (χ2v) is 2.78. The Kier molecular flexibility index (Phi) is 1.16. The molecule has 0 aromatic carbocycles. The molecule has 2 N–H and O–H groups in total. The number of carbonyl (C=O) groups excluding carboxylic acids is 1. The van der Waals surface area contributed by atoms with Crippen LogP contribution in [0.15, 0.2) is 11.8 Å². The third-order valence-corrected chi connectivity index (χ3v) is 2.10. The molecule has 10 heavy (non-hydrogen) atoms. The average Bonchev–Trinajstić information content (AvgIpc) is 2.33. The molecule has 0 spiro atoms. The van der Waals surface area contributed by atoms with E-state index < -0.39 is 0 Å². The highest BCUT2D eigenvalue weighted by Crippen LogP contribution is 2.25. The normalized spacial score (nSPS) is 30.2. The van der Waals surface area contributed by atoms with Crippen LogP contribution in [0, 0.1) is 0 Å². The average molecular weight is 138 g/mol. The van der Waals surface area contributed by atoms with Gasteiger partial charge in [0.2, 0.25) is 0 Å². The minimum atomic E-state index is -0.0596. The highest BCUT2D eigenvalue weighted by Gasteiger charge is 2.25. The maximum atomic E-state index is 10.7. The molecular weight excluding hydrogens is 128 g/mol. The van der Waals surface area contributed by atoms with Crippen molar-refractivity contribution in [1.82, 2.24) is 10.6 Å². The van der Waals surface area contributed by atoms with Gasteiger partial charge in [-0.2, -0.15) is 0 Å². The molecule has 1 aliphatic carbocycles. The molecule has 0 radical (unpaired) electrons. The molecule has 2 rings (SSSR count). The Labute approximate surface area is 59.5 Å². The van der Waals surface area contributed by atoms with Gasteiger partial charge in [0.25, 0.3) is 0 Å². The van der Waals surface area contributed by atoms with Gasteiger partial charge in [0.05, 0.1) is 6.04 Å². The lowest BCUT2D eigenvalue weighted by atomic mass is 10.1. The molecule has 1 unspecified atom stereocenters. The van der Waals surface area contributed by atoms with Gasteiger partial charge in [0.15, 0.2) is 0 Å². The molecular formula is C7H10N2O. The van der Waals surface area contributed by atoms with Crippen LogP contribution in [0.4, 0.5) is 4.79 Å². The Morgan fingerprint density at radius 1 is 1.60 bits per heavy atom. The van der Waals surface area contributed by atoms with E-state index >= 15 is 0 Å². The number of hydrogen-bond donors (Lipinski definition) is 2. The first-order valence-corrected chi connectivity index (χ1v) is 3.62. The van der Waals surface area contributed by atoms with Gasteiger partial charge in [0, 0.05) is 6.20 Å². The third-order valence-electron chi connectivity index (χ3n) is 2.10. The summed E-state index contributed by atoms with van der Waals surface area (Å²) in [6, 6.07) is 0.282. The van der Waals surface area contributed by atoms with Crippen molar-refractivity contribution < 1.29 is 4.79 Å². The van der Waals surface area contributed by atoms with E-state index in [9.17, 15) is 4.79 Å². The van der Waals surface area contributed by atoms with Crippen molar-refractivity contribution in [1.29, 1.82) is 0 Å². The van der Waals surface area contributed by atoms with E-state index in [1.54, 1.807) is 0 Å². The lowest BCUT2D eigenvalue weighted by molar-refractivity contribution is 0.240. The summed E-state index contributed by atoms with van der Waals surface area (Å²) in [6.45, 7) is 0. The van der Waals surface area contributed by atoms with E-state index in [2.05, 4.69) is 10.6 Å². The molecule has 0 aromatic heterocycles. The fourth-order valence-corrected chi connectivity index (χ4v) is 1.57. The number of nitrogens with one attached hydrogen (secondary N) is 2. The zero-order valence-corrected chi connectivity index (χ0v) is 5.68. The highest BCUT2D eigenvalue weighted by molar-refractivity contribution is 5.77. The second kappa shape index (κ2) is 2.01. The SMILES string of the molecule is O=C1NC=C2CCCC2N1. The van der Waals surface area contributed by atoms with Gasteiger partial charge >= 0.3 is 6.03 Å². The number of urea groups is 1. The van der Waals surface area contributed by atoms with Crippen molar-refractivity contribution in [3.63, 3.8) is 0 Å². The maximum absolute atomic E-state index is 10.7. The summed E-state index contributed by atoms with van der Waals surface area (Å²) >= 11 is 0. The van der Waals surface area contributed by atoms with E-state index in [0.29, 0.717) is 6.04 Å². The lowest BCUT2D eigenvalue weighted by Crippen LogP contribution is -2.43. The van der Waals surface area contributed by atoms with Crippen LogP contribution in [0.5, 0.6) is 0 Å². The van der Waals surface area contributed by atoms with Crippen LogP contribution < -0.4 is 10.6 Å². The minimum Gasteiger partial charge on any atom is -0.331 e. The van der Waals surface area contributed by atoms with Gasteiger partial charge in [0.1, 0.15) is 0 Å². The van der Waals surface area contributed by atoms with Gasteiger partial charge in [-0.1, -0.05) is 0 Å². The van der Waals surface area contributed by atoms with Gasteiger partial charge in [-0.15, -0.1) is 0 Å². The van der Waals surface area contributed by atoms with Crippen molar-refractivity contribution in [2.75, 3.05) is 0 Å². The molecule has 1 atom stereocenters. The lowest BCUT2D eigenvalue weighted by Gasteiger charge is -2.19. The van der Waals surface area contributed by atoms with Crippen LogP contribution >= 0.6 is 0 Å². The van der Waals surface area contributed by atoms with E-state index in [1.165, 1.54) is 12.0 Å². The summed E-state index contributed by atoms with van der Waals surface area (Å²) in [6.07, 6.45) is 5.30. The first-order valence-electron chi connectivity index (χ1n) is 3.62. The van der Waals surface area contributed by atoms with Crippen LogP contribution in [-0.2, 0) is 0 Å². The number of hydrogen-bond acceptors (Lipinski definition) is 1. The predicted molar refractivity (Wildman–Crippen MR) is 37.4 cm³/mol. The Morgan fingerprint density at radius 2 is 2.50 bits per heavy atom. The molecule has 1 fully saturated rings. The summed E-state index contributed by atoms with van der Waals surface area (Å²) < 4.78 is 0. The van der Waals surface area contributed by atoms with Crippen LogP contribution in [0.2, 0.25) is 0 Å². The van der Waals surface area contributed by atoms with Crippen molar-refractivity contribution >= 4 is 6.03 Å². The van der Waals surface area contributed by atoms with Gasteiger partial charge in [-0.3, -0.25) is 0 Å². The van der Waals surface area contributed by atoms with E-state index in [1.807, 2.05) is 6.20 Å². The first-order chi connectivity index (χ1) is 4.86. The Balaban J connectivity index is 2.20. The van der Waals surface area contributed by atoms with Crippen molar-refractivity contribution in [2.24, 2.45) is 0 Å². The van der Waals surface area contributed by atoms with E-state index in [-0.39, 0.29) is 6.03 Å². The summed E-state index contributed by atoms with van der Waals surface area (Å²) in [7, 11) is 0. The molecule has 0 bridgehead atoms. The molecule has 2 amide bonds. The Morgan fingerprint density at radius 3 is 3.40 bits per heavy atom. The van der Waals surface area contributed by atoms with Crippen LogP contribution in [0.1, 0.15) is 19.3 Å². The minimum absolute atomic E-state index is 0.0596. The molecule has 0 aromatic rings. The largest absolute Gasteiger partial charge is 0.331 e. The third kappa shape index (κ3) is 0.781. The monoisotopic (exact) mass is 138 g/mol. The standard InChI is InChI=1S/C7H10N2O/c10-7-8-4-5-2-1-3-6(5)9-7/h4,6H,1-3H2,(H2,8,9,10). The predicted octanol–water partition coefficient (Wildman–Crippen LogP) is 0.736. The Hall–Kier alpha value is -0.990. The summed E-state index contributed by atoms with van der Waals surface area (Å²) in [5.41, 5.74) is 1.35. The van der Waals surface area contributed by atoms with Crippen LogP contribution in [0.25, 0.3) is 0 Å². The second-order valence-electron chi connectivity index (χ2n) is 2.78. The number of carbonyl (C=O) groups is 1. The number of amides is 2. The van der Waals surface area contributed by atoms with E-state index in [0.717, 1.165) is 12.8 Å². The quantitative estimate of drug-likeness (QED) is 0.509.